The molecule has 1 saturated heterocycles. The van der Waals surface area contributed by atoms with Crippen LogP contribution in [0.5, 0.6) is 0 Å². The molecule has 20 heavy (non-hydrogen) atoms. The van der Waals surface area contributed by atoms with Crippen molar-refractivity contribution in [2.24, 2.45) is 0 Å². The van der Waals surface area contributed by atoms with E-state index in [1.165, 1.54) is 6.92 Å². The van der Waals surface area contributed by atoms with E-state index in [1.54, 1.807) is 24.3 Å². The zero-order valence-corrected chi connectivity index (χ0v) is 11.9. The maximum atomic E-state index is 12.0. The fourth-order valence-corrected chi connectivity index (χ4v) is 2.26. The van der Waals surface area contributed by atoms with Crippen molar-refractivity contribution in [1.29, 1.82) is 0 Å². The van der Waals surface area contributed by atoms with E-state index in [4.69, 9.17) is 0 Å². The van der Waals surface area contributed by atoms with Crippen LogP contribution in [0.4, 0.5) is 10.5 Å². The summed E-state index contributed by atoms with van der Waals surface area (Å²) >= 11 is 0. The molecule has 6 nitrogen and oxygen atoms in total. The molecule has 2 amide bonds. The molecule has 1 aliphatic heterocycles. The number of anilines is 1. The molecule has 2 rings (SSSR count). The van der Waals surface area contributed by atoms with Gasteiger partial charge in [-0.25, -0.2) is 4.79 Å². The van der Waals surface area contributed by atoms with E-state index in [0.29, 0.717) is 11.3 Å². The first-order chi connectivity index (χ1) is 9.47. The van der Waals surface area contributed by atoms with Crippen molar-refractivity contribution < 1.29 is 9.59 Å². The first kappa shape index (κ1) is 14.5. The lowest BCUT2D eigenvalue weighted by atomic mass is 10.1. The van der Waals surface area contributed by atoms with Gasteiger partial charge >= 0.3 is 6.03 Å². The van der Waals surface area contributed by atoms with E-state index in [9.17, 15) is 9.59 Å². The lowest BCUT2D eigenvalue weighted by Crippen LogP contribution is -2.47. The SMILES string of the molecule is CC(=O)c1cccc(NC(=O)NC2C(C)NNC2C)c1. The minimum atomic E-state index is -0.278. The van der Waals surface area contributed by atoms with Gasteiger partial charge in [-0.3, -0.25) is 15.6 Å². The molecule has 108 valence electrons. The third-order valence-electron chi connectivity index (χ3n) is 3.44. The maximum absolute atomic E-state index is 12.0. The third-order valence-corrected chi connectivity index (χ3v) is 3.44. The van der Waals surface area contributed by atoms with Crippen LogP contribution in [0, 0.1) is 0 Å². The molecule has 4 N–H and O–H groups in total. The molecule has 0 bridgehead atoms. The fourth-order valence-electron chi connectivity index (χ4n) is 2.26. The standard InChI is InChI=1S/C14H20N4O2/c1-8-13(9(2)18-17-8)16-14(20)15-12-6-4-5-11(7-12)10(3)19/h4-9,13,17-18H,1-3H3,(H2,15,16,20). The molecule has 0 saturated carbocycles. The number of urea groups is 1. The average molecular weight is 276 g/mol. The first-order valence-corrected chi connectivity index (χ1v) is 6.67. The van der Waals surface area contributed by atoms with Crippen molar-refractivity contribution in [2.45, 2.75) is 38.9 Å². The molecule has 1 heterocycles. The largest absolute Gasteiger partial charge is 0.332 e. The Labute approximate surface area is 118 Å². The predicted octanol–water partition coefficient (Wildman–Crippen LogP) is 1.26. The second-order valence-electron chi connectivity index (χ2n) is 5.13. The topological polar surface area (TPSA) is 82.3 Å². The maximum Gasteiger partial charge on any atom is 0.319 e. The van der Waals surface area contributed by atoms with Gasteiger partial charge in [0.05, 0.1) is 6.04 Å². The highest BCUT2D eigenvalue weighted by molar-refractivity contribution is 5.96. The minimum absolute atomic E-state index is 0.00555. The third kappa shape index (κ3) is 3.34. The van der Waals surface area contributed by atoms with Crippen LogP contribution in [0.3, 0.4) is 0 Å². The van der Waals surface area contributed by atoms with Crippen LogP contribution in [0.2, 0.25) is 0 Å². The van der Waals surface area contributed by atoms with Crippen molar-refractivity contribution >= 4 is 17.5 Å². The normalized spacial score (nSPS) is 25.2. The number of hydrogen-bond donors (Lipinski definition) is 4. The molecule has 1 aliphatic rings. The Balaban J connectivity index is 1.98. The minimum Gasteiger partial charge on any atom is -0.332 e. The number of amides is 2. The Kier molecular flexibility index (Phi) is 4.36. The van der Waals surface area contributed by atoms with Gasteiger partial charge in [-0.1, -0.05) is 12.1 Å². The molecule has 2 atom stereocenters. The van der Waals surface area contributed by atoms with E-state index >= 15 is 0 Å². The molecular weight excluding hydrogens is 256 g/mol. The zero-order valence-electron chi connectivity index (χ0n) is 11.9. The van der Waals surface area contributed by atoms with Crippen LogP contribution in [0.1, 0.15) is 31.1 Å². The van der Waals surface area contributed by atoms with Crippen molar-refractivity contribution in [3.8, 4) is 0 Å². The molecule has 0 aliphatic carbocycles. The highest BCUT2D eigenvalue weighted by atomic mass is 16.2. The van der Waals surface area contributed by atoms with E-state index in [0.717, 1.165) is 0 Å². The summed E-state index contributed by atoms with van der Waals surface area (Å²) in [5.74, 6) is -0.0273. The quantitative estimate of drug-likeness (QED) is 0.627. The Bertz CT molecular complexity index is 508. The Morgan fingerprint density at radius 1 is 1.15 bits per heavy atom. The number of carbonyl (C=O) groups excluding carboxylic acids is 2. The summed E-state index contributed by atoms with van der Waals surface area (Å²) in [5, 5.41) is 5.66. The van der Waals surface area contributed by atoms with Gasteiger partial charge in [0.2, 0.25) is 0 Å². The number of Topliss-reactive ketones (excluding diaryl/α,β-unsaturated/α-hetero) is 1. The summed E-state index contributed by atoms with van der Waals surface area (Å²) in [7, 11) is 0. The van der Waals surface area contributed by atoms with Gasteiger partial charge in [0.1, 0.15) is 0 Å². The van der Waals surface area contributed by atoms with Crippen LogP contribution in [0.15, 0.2) is 24.3 Å². The van der Waals surface area contributed by atoms with Crippen LogP contribution in [0.25, 0.3) is 0 Å². The number of ketones is 1. The lowest BCUT2D eigenvalue weighted by Gasteiger charge is -2.20. The summed E-state index contributed by atoms with van der Waals surface area (Å²) < 4.78 is 0. The van der Waals surface area contributed by atoms with Gasteiger partial charge in [-0.2, -0.15) is 0 Å². The van der Waals surface area contributed by atoms with E-state index in [-0.39, 0.29) is 29.9 Å². The second-order valence-corrected chi connectivity index (χ2v) is 5.13. The Morgan fingerprint density at radius 2 is 1.80 bits per heavy atom. The number of nitrogens with one attached hydrogen (secondary N) is 4. The molecule has 0 radical (unpaired) electrons. The molecular formula is C14H20N4O2. The summed E-state index contributed by atoms with van der Waals surface area (Å²) in [5.41, 5.74) is 7.33. The zero-order chi connectivity index (χ0) is 14.7. The smallest absolute Gasteiger partial charge is 0.319 e. The van der Waals surface area contributed by atoms with Crippen LogP contribution < -0.4 is 21.5 Å². The number of hydrazine groups is 1. The predicted molar refractivity (Wildman–Crippen MR) is 77.6 cm³/mol. The van der Waals surface area contributed by atoms with Gasteiger partial charge in [0, 0.05) is 23.3 Å². The monoisotopic (exact) mass is 276 g/mol. The summed E-state index contributed by atoms with van der Waals surface area (Å²) in [6, 6.07) is 6.92. The van der Waals surface area contributed by atoms with Gasteiger partial charge in [0.15, 0.2) is 5.78 Å². The van der Waals surface area contributed by atoms with Crippen LogP contribution in [-0.2, 0) is 0 Å². The molecule has 2 unspecified atom stereocenters. The van der Waals surface area contributed by atoms with Gasteiger partial charge in [0.25, 0.3) is 0 Å². The van der Waals surface area contributed by atoms with Crippen molar-refractivity contribution in [1.82, 2.24) is 16.2 Å². The van der Waals surface area contributed by atoms with Crippen molar-refractivity contribution in [3.05, 3.63) is 29.8 Å². The Morgan fingerprint density at radius 3 is 2.40 bits per heavy atom. The highest BCUT2D eigenvalue weighted by Crippen LogP contribution is 2.12. The van der Waals surface area contributed by atoms with Crippen molar-refractivity contribution in [3.63, 3.8) is 0 Å². The molecule has 1 aromatic rings. The van der Waals surface area contributed by atoms with E-state index < -0.39 is 0 Å². The summed E-state index contributed by atoms with van der Waals surface area (Å²) in [6.07, 6.45) is 0. The Hall–Kier alpha value is -1.92. The summed E-state index contributed by atoms with van der Waals surface area (Å²) in [6.45, 7) is 5.49. The molecule has 1 fully saturated rings. The second kappa shape index (κ2) is 6.02. The first-order valence-electron chi connectivity index (χ1n) is 6.67. The highest BCUT2D eigenvalue weighted by Gasteiger charge is 2.30. The van der Waals surface area contributed by atoms with E-state index in [2.05, 4.69) is 21.5 Å². The molecule has 0 aromatic heterocycles. The number of benzene rings is 1. The van der Waals surface area contributed by atoms with Crippen molar-refractivity contribution in [2.75, 3.05) is 5.32 Å². The number of hydrogen-bond acceptors (Lipinski definition) is 4. The fraction of sp³-hybridized carbons (Fsp3) is 0.429. The van der Waals surface area contributed by atoms with Crippen LogP contribution >= 0.6 is 0 Å². The summed E-state index contributed by atoms with van der Waals surface area (Å²) in [4.78, 5) is 23.3. The number of rotatable bonds is 3. The van der Waals surface area contributed by atoms with Gasteiger partial charge in [-0.05, 0) is 32.9 Å². The van der Waals surface area contributed by atoms with E-state index in [1.807, 2.05) is 13.8 Å². The number of carbonyl (C=O) groups is 2. The molecule has 6 heteroatoms. The molecule has 1 aromatic carbocycles. The van der Waals surface area contributed by atoms with Crippen LogP contribution in [-0.4, -0.2) is 29.9 Å². The molecule has 0 spiro atoms. The van der Waals surface area contributed by atoms with Gasteiger partial charge in [-0.15, -0.1) is 0 Å². The average Bonchev–Trinajstić information content (AvgIpc) is 2.71. The van der Waals surface area contributed by atoms with Gasteiger partial charge < -0.3 is 10.6 Å². The lowest BCUT2D eigenvalue weighted by molar-refractivity contribution is 0.101.